The summed E-state index contributed by atoms with van der Waals surface area (Å²) in [5.41, 5.74) is 0.866. The summed E-state index contributed by atoms with van der Waals surface area (Å²) in [6.07, 6.45) is -5.48. The zero-order valence-corrected chi connectivity index (χ0v) is 17.3. The number of halogens is 4. The van der Waals surface area contributed by atoms with Crippen molar-refractivity contribution < 1.29 is 22.8 Å². The van der Waals surface area contributed by atoms with E-state index in [-0.39, 0.29) is 18.9 Å². The SMILES string of the molecule is CC(C)(c1ccc(Cl)cc1)N1C(=O)c2ccccc2C1C(=O)NCCCC(F)(F)F. The van der Waals surface area contributed by atoms with Crippen LogP contribution in [0.4, 0.5) is 13.2 Å². The fourth-order valence-corrected chi connectivity index (χ4v) is 3.87. The van der Waals surface area contributed by atoms with Crippen LogP contribution >= 0.6 is 11.6 Å². The number of hydrogen-bond acceptors (Lipinski definition) is 2. The first-order valence-corrected chi connectivity index (χ1v) is 9.93. The standard InChI is InChI=1S/C22H22ClF3N2O2/c1-21(2,14-8-10-15(23)11-9-14)28-18(16-6-3-4-7-17(16)20(28)30)19(29)27-13-5-12-22(24,25)26/h3-4,6-11,18H,5,12-13H2,1-2H3,(H,27,29). The Balaban J connectivity index is 1.90. The molecule has 0 fully saturated rings. The average molecular weight is 439 g/mol. The lowest BCUT2D eigenvalue weighted by Crippen LogP contribution is -2.48. The van der Waals surface area contributed by atoms with E-state index in [0.29, 0.717) is 16.1 Å². The molecule has 1 aliphatic rings. The number of carbonyl (C=O) groups is 2. The fourth-order valence-electron chi connectivity index (χ4n) is 3.75. The molecule has 30 heavy (non-hydrogen) atoms. The van der Waals surface area contributed by atoms with Crippen LogP contribution in [0, 0.1) is 0 Å². The van der Waals surface area contributed by atoms with Crippen molar-refractivity contribution in [2.75, 3.05) is 6.54 Å². The second-order valence-electron chi connectivity index (χ2n) is 7.74. The van der Waals surface area contributed by atoms with Gasteiger partial charge in [0.1, 0.15) is 6.04 Å². The molecule has 0 aliphatic carbocycles. The highest BCUT2D eigenvalue weighted by molar-refractivity contribution is 6.30. The Hall–Kier alpha value is -2.54. The lowest BCUT2D eigenvalue weighted by Gasteiger charge is -2.40. The molecule has 0 saturated heterocycles. The van der Waals surface area contributed by atoms with Crippen LogP contribution in [0.3, 0.4) is 0 Å². The van der Waals surface area contributed by atoms with Gasteiger partial charge in [0.15, 0.2) is 0 Å². The third-order valence-electron chi connectivity index (χ3n) is 5.30. The molecule has 0 bridgehead atoms. The minimum absolute atomic E-state index is 0.125. The number of benzene rings is 2. The van der Waals surface area contributed by atoms with Gasteiger partial charge in [-0.15, -0.1) is 0 Å². The fraction of sp³-hybridized carbons (Fsp3) is 0.364. The molecule has 0 saturated carbocycles. The lowest BCUT2D eigenvalue weighted by atomic mass is 9.90. The first kappa shape index (κ1) is 22.2. The monoisotopic (exact) mass is 438 g/mol. The Kier molecular flexibility index (Phi) is 6.13. The molecule has 2 amide bonds. The summed E-state index contributed by atoms with van der Waals surface area (Å²) in [5.74, 6) is -0.807. The predicted molar refractivity (Wildman–Crippen MR) is 108 cm³/mol. The highest BCUT2D eigenvalue weighted by atomic mass is 35.5. The van der Waals surface area contributed by atoms with Crippen molar-refractivity contribution in [3.05, 3.63) is 70.2 Å². The van der Waals surface area contributed by atoms with Crippen LogP contribution in [-0.4, -0.2) is 29.4 Å². The summed E-state index contributed by atoms with van der Waals surface area (Å²) >= 11 is 5.98. The molecule has 4 nitrogen and oxygen atoms in total. The number of rotatable bonds is 6. The molecule has 1 unspecified atom stereocenters. The summed E-state index contributed by atoms with van der Waals surface area (Å²) in [6, 6.07) is 12.9. The predicted octanol–water partition coefficient (Wildman–Crippen LogP) is 5.23. The second kappa shape index (κ2) is 8.30. The van der Waals surface area contributed by atoms with Gasteiger partial charge in [-0.2, -0.15) is 13.2 Å². The van der Waals surface area contributed by atoms with Crippen molar-refractivity contribution in [3.8, 4) is 0 Å². The van der Waals surface area contributed by atoms with Gasteiger partial charge in [0.2, 0.25) is 5.91 Å². The summed E-state index contributed by atoms with van der Waals surface area (Å²) in [7, 11) is 0. The maximum absolute atomic E-state index is 13.2. The normalized spacial score (nSPS) is 16.5. The maximum atomic E-state index is 13.2. The maximum Gasteiger partial charge on any atom is 0.389 e. The van der Waals surface area contributed by atoms with Crippen molar-refractivity contribution in [1.82, 2.24) is 10.2 Å². The van der Waals surface area contributed by atoms with E-state index in [1.165, 1.54) is 4.90 Å². The van der Waals surface area contributed by atoms with Crippen molar-refractivity contribution in [3.63, 3.8) is 0 Å². The summed E-state index contributed by atoms with van der Waals surface area (Å²) in [4.78, 5) is 27.7. The third kappa shape index (κ3) is 4.46. The van der Waals surface area contributed by atoms with Crippen LogP contribution in [-0.2, 0) is 10.3 Å². The molecule has 8 heteroatoms. The van der Waals surface area contributed by atoms with Gasteiger partial charge in [0.05, 0.1) is 5.54 Å². The quantitative estimate of drug-likeness (QED) is 0.628. The zero-order chi connectivity index (χ0) is 22.1. The molecule has 1 atom stereocenters. The Morgan fingerprint density at radius 1 is 1.10 bits per heavy atom. The first-order chi connectivity index (χ1) is 14.0. The number of alkyl halides is 3. The molecule has 0 radical (unpaired) electrons. The number of fused-ring (bicyclic) bond motifs is 1. The molecular formula is C22H22ClF3N2O2. The number of amides is 2. The summed E-state index contributed by atoms with van der Waals surface area (Å²) in [6.45, 7) is 3.52. The lowest BCUT2D eigenvalue weighted by molar-refractivity contribution is -0.136. The van der Waals surface area contributed by atoms with E-state index in [0.717, 1.165) is 5.56 Å². The molecule has 2 aromatic carbocycles. The average Bonchev–Trinajstić information content (AvgIpc) is 2.98. The minimum Gasteiger partial charge on any atom is -0.354 e. The van der Waals surface area contributed by atoms with Crippen molar-refractivity contribution in [2.24, 2.45) is 0 Å². The van der Waals surface area contributed by atoms with Crippen molar-refractivity contribution in [2.45, 2.75) is 44.4 Å². The van der Waals surface area contributed by atoms with Crippen LogP contribution in [0.2, 0.25) is 5.02 Å². The van der Waals surface area contributed by atoms with Gasteiger partial charge in [-0.3, -0.25) is 9.59 Å². The number of carbonyl (C=O) groups excluding carboxylic acids is 2. The third-order valence-corrected chi connectivity index (χ3v) is 5.55. The van der Waals surface area contributed by atoms with Crippen LogP contribution in [0.5, 0.6) is 0 Å². The number of nitrogens with zero attached hydrogens (tertiary/aromatic N) is 1. The molecule has 1 heterocycles. The van der Waals surface area contributed by atoms with E-state index >= 15 is 0 Å². The molecule has 0 spiro atoms. The van der Waals surface area contributed by atoms with Gasteiger partial charge >= 0.3 is 6.18 Å². The van der Waals surface area contributed by atoms with E-state index in [2.05, 4.69) is 5.32 Å². The van der Waals surface area contributed by atoms with E-state index < -0.39 is 30.1 Å². The van der Waals surface area contributed by atoms with Gasteiger partial charge < -0.3 is 10.2 Å². The van der Waals surface area contributed by atoms with E-state index in [1.807, 2.05) is 13.8 Å². The Morgan fingerprint density at radius 2 is 1.73 bits per heavy atom. The van der Waals surface area contributed by atoms with Crippen molar-refractivity contribution in [1.29, 1.82) is 0 Å². The van der Waals surface area contributed by atoms with E-state index in [9.17, 15) is 22.8 Å². The molecule has 1 N–H and O–H groups in total. The van der Waals surface area contributed by atoms with E-state index in [4.69, 9.17) is 11.6 Å². The smallest absolute Gasteiger partial charge is 0.354 e. The van der Waals surface area contributed by atoms with Gasteiger partial charge in [-0.05, 0) is 49.6 Å². The van der Waals surface area contributed by atoms with Crippen LogP contribution in [0.15, 0.2) is 48.5 Å². The molecule has 160 valence electrons. The molecule has 2 aromatic rings. The summed E-state index contributed by atoms with van der Waals surface area (Å²) in [5, 5.41) is 3.11. The number of hydrogen-bond donors (Lipinski definition) is 1. The first-order valence-electron chi connectivity index (χ1n) is 9.55. The van der Waals surface area contributed by atoms with Crippen LogP contribution < -0.4 is 5.32 Å². The van der Waals surface area contributed by atoms with Crippen molar-refractivity contribution >= 4 is 23.4 Å². The topological polar surface area (TPSA) is 49.4 Å². The Bertz CT molecular complexity index is 942. The highest BCUT2D eigenvalue weighted by Crippen LogP contribution is 2.43. The highest BCUT2D eigenvalue weighted by Gasteiger charge is 2.48. The summed E-state index contributed by atoms with van der Waals surface area (Å²) < 4.78 is 37.2. The minimum atomic E-state index is -4.27. The number of nitrogens with one attached hydrogen (secondary N) is 1. The Labute approximate surface area is 178 Å². The van der Waals surface area contributed by atoms with Gasteiger partial charge in [0, 0.05) is 23.6 Å². The second-order valence-corrected chi connectivity index (χ2v) is 8.18. The zero-order valence-electron chi connectivity index (χ0n) is 16.6. The largest absolute Gasteiger partial charge is 0.389 e. The van der Waals surface area contributed by atoms with E-state index in [1.54, 1.807) is 48.5 Å². The molecular weight excluding hydrogens is 417 g/mol. The Morgan fingerprint density at radius 3 is 2.37 bits per heavy atom. The molecule has 1 aliphatic heterocycles. The van der Waals surface area contributed by atoms with Gasteiger partial charge in [-0.25, -0.2) is 0 Å². The van der Waals surface area contributed by atoms with Crippen LogP contribution in [0.1, 0.15) is 54.2 Å². The molecule has 0 aromatic heterocycles. The van der Waals surface area contributed by atoms with Gasteiger partial charge in [0.25, 0.3) is 5.91 Å². The van der Waals surface area contributed by atoms with Crippen LogP contribution in [0.25, 0.3) is 0 Å². The molecule has 3 rings (SSSR count). The van der Waals surface area contributed by atoms with Gasteiger partial charge in [-0.1, -0.05) is 41.9 Å².